The quantitative estimate of drug-likeness (QED) is 0.662. The number of fused-ring (bicyclic) bond motifs is 1. The van der Waals surface area contributed by atoms with E-state index < -0.39 is 17.7 Å². The molecule has 0 radical (unpaired) electrons. The van der Waals surface area contributed by atoms with Crippen LogP contribution in [0.4, 0.5) is 13.2 Å². The number of benzene rings is 2. The summed E-state index contributed by atoms with van der Waals surface area (Å²) < 4.78 is 48.7. The Morgan fingerprint density at radius 3 is 2.56 bits per heavy atom. The van der Waals surface area contributed by atoms with Gasteiger partial charge in [-0.1, -0.05) is 6.07 Å². The number of carbonyl (C=O) groups is 1. The first-order chi connectivity index (χ1) is 11.9. The van der Waals surface area contributed by atoms with E-state index in [2.05, 4.69) is 4.98 Å². The van der Waals surface area contributed by atoms with Crippen molar-refractivity contribution in [2.75, 3.05) is 6.61 Å². The first kappa shape index (κ1) is 16.9. The molecule has 1 aromatic heterocycles. The molecule has 130 valence electrons. The van der Waals surface area contributed by atoms with E-state index in [-0.39, 0.29) is 12.4 Å². The Kier molecular flexibility index (Phi) is 4.39. The summed E-state index contributed by atoms with van der Waals surface area (Å²) in [6.45, 7) is 1.97. The molecule has 7 heteroatoms. The predicted octanol–water partition coefficient (Wildman–Crippen LogP) is 5.16. The minimum Gasteiger partial charge on any atom is -0.461 e. The fourth-order valence-electron chi connectivity index (χ4n) is 2.37. The smallest absolute Gasteiger partial charge is 0.416 e. The summed E-state index contributed by atoms with van der Waals surface area (Å²) in [5.41, 5.74) is 0.213. The van der Waals surface area contributed by atoms with Crippen LogP contribution >= 0.6 is 0 Å². The summed E-state index contributed by atoms with van der Waals surface area (Å²) >= 11 is 0. The molecule has 0 unspecified atom stereocenters. The predicted molar refractivity (Wildman–Crippen MR) is 85.8 cm³/mol. The summed E-state index contributed by atoms with van der Waals surface area (Å²) in [4.78, 5) is 14.7. The molecule has 0 spiro atoms. The molecule has 25 heavy (non-hydrogen) atoms. The molecular weight excluding hydrogens is 335 g/mol. The van der Waals surface area contributed by atoms with Gasteiger partial charge in [-0.25, -0.2) is 4.79 Å². The van der Waals surface area contributed by atoms with E-state index in [1.165, 1.54) is 12.1 Å². The van der Waals surface area contributed by atoms with Crippen molar-refractivity contribution in [1.82, 2.24) is 4.98 Å². The van der Waals surface area contributed by atoms with Gasteiger partial charge in [0.15, 0.2) is 0 Å². The van der Waals surface area contributed by atoms with Crippen LogP contribution in [0.15, 0.2) is 48.5 Å². The highest BCUT2D eigenvalue weighted by Crippen LogP contribution is 2.33. The van der Waals surface area contributed by atoms with Crippen LogP contribution in [0.25, 0.3) is 10.9 Å². The maximum Gasteiger partial charge on any atom is 0.416 e. The van der Waals surface area contributed by atoms with Gasteiger partial charge >= 0.3 is 12.1 Å². The average Bonchev–Trinajstić information content (AvgIpc) is 2.98. The van der Waals surface area contributed by atoms with Gasteiger partial charge in [0, 0.05) is 10.9 Å². The Morgan fingerprint density at radius 1 is 1.08 bits per heavy atom. The minimum absolute atomic E-state index is 0.0790. The first-order valence-corrected chi connectivity index (χ1v) is 7.52. The maximum atomic E-state index is 12.8. The Labute approximate surface area is 141 Å². The fourth-order valence-corrected chi connectivity index (χ4v) is 2.37. The number of alkyl halides is 3. The number of rotatable bonds is 4. The van der Waals surface area contributed by atoms with Crippen molar-refractivity contribution in [3.63, 3.8) is 0 Å². The molecule has 2 aromatic carbocycles. The van der Waals surface area contributed by atoms with Crippen LogP contribution in [0, 0.1) is 0 Å². The number of hydrogen-bond acceptors (Lipinski definition) is 3. The van der Waals surface area contributed by atoms with Crippen molar-refractivity contribution < 1.29 is 27.4 Å². The van der Waals surface area contributed by atoms with Crippen molar-refractivity contribution in [2.24, 2.45) is 0 Å². The Hall–Kier alpha value is -2.96. The SMILES string of the molecule is CCOC(=O)c1cc2cc(Oc3cccc(C(F)(F)F)c3)ccc2[nH]1. The summed E-state index contributed by atoms with van der Waals surface area (Å²) in [5.74, 6) is -0.0318. The van der Waals surface area contributed by atoms with Gasteiger partial charge in [0.25, 0.3) is 0 Å². The van der Waals surface area contributed by atoms with E-state index in [1.807, 2.05) is 0 Å². The molecule has 4 nitrogen and oxygen atoms in total. The van der Waals surface area contributed by atoms with Crippen LogP contribution < -0.4 is 4.74 Å². The van der Waals surface area contributed by atoms with Gasteiger partial charge in [0.1, 0.15) is 17.2 Å². The van der Waals surface area contributed by atoms with Crippen LogP contribution in [-0.4, -0.2) is 17.6 Å². The molecule has 0 amide bonds. The maximum absolute atomic E-state index is 12.8. The number of halogens is 3. The third-order valence-electron chi connectivity index (χ3n) is 3.48. The van der Waals surface area contributed by atoms with Crippen LogP contribution in [0.2, 0.25) is 0 Å². The summed E-state index contributed by atoms with van der Waals surface area (Å²) in [6, 6.07) is 11.2. The number of aromatic nitrogens is 1. The van der Waals surface area contributed by atoms with E-state index in [1.54, 1.807) is 31.2 Å². The van der Waals surface area contributed by atoms with E-state index in [4.69, 9.17) is 9.47 Å². The zero-order valence-electron chi connectivity index (χ0n) is 13.2. The van der Waals surface area contributed by atoms with Crippen LogP contribution in [-0.2, 0) is 10.9 Å². The molecule has 0 saturated carbocycles. The first-order valence-electron chi connectivity index (χ1n) is 7.52. The number of aromatic amines is 1. The topological polar surface area (TPSA) is 51.3 Å². The van der Waals surface area contributed by atoms with Gasteiger partial charge in [0.05, 0.1) is 12.2 Å². The molecule has 3 aromatic rings. The highest BCUT2D eigenvalue weighted by atomic mass is 19.4. The highest BCUT2D eigenvalue weighted by Gasteiger charge is 2.30. The molecular formula is C18H14F3NO3. The summed E-state index contributed by atoms with van der Waals surface area (Å²) in [5, 5.41) is 0.688. The molecule has 0 aliphatic rings. The molecule has 0 atom stereocenters. The van der Waals surface area contributed by atoms with Crippen LogP contribution in [0.5, 0.6) is 11.5 Å². The minimum atomic E-state index is -4.43. The molecule has 0 saturated heterocycles. The molecule has 0 bridgehead atoms. The van der Waals surface area contributed by atoms with Crippen molar-refractivity contribution in [1.29, 1.82) is 0 Å². The lowest BCUT2D eigenvalue weighted by Crippen LogP contribution is -2.04. The Bertz CT molecular complexity index is 915. The number of nitrogens with one attached hydrogen (secondary N) is 1. The van der Waals surface area contributed by atoms with Gasteiger partial charge in [-0.05, 0) is 49.4 Å². The van der Waals surface area contributed by atoms with Crippen molar-refractivity contribution in [3.8, 4) is 11.5 Å². The highest BCUT2D eigenvalue weighted by molar-refractivity contribution is 5.95. The van der Waals surface area contributed by atoms with E-state index in [9.17, 15) is 18.0 Å². The van der Waals surface area contributed by atoms with Crippen molar-refractivity contribution in [3.05, 3.63) is 59.8 Å². The zero-order valence-corrected chi connectivity index (χ0v) is 13.2. The lowest BCUT2D eigenvalue weighted by atomic mass is 10.2. The summed E-state index contributed by atoms with van der Waals surface area (Å²) in [7, 11) is 0. The molecule has 1 N–H and O–H groups in total. The number of carbonyl (C=O) groups excluding carboxylic acids is 1. The number of esters is 1. The van der Waals surface area contributed by atoms with Crippen molar-refractivity contribution in [2.45, 2.75) is 13.1 Å². The zero-order chi connectivity index (χ0) is 18.0. The summed E-state index contributed by atoms with van der Waals surface area (Å²) in [6.07, 6.45) is -4.43. The van der Waals surface area contributed by atoms with E-state index in [0.29, 0.717) is 22.3 Å². The fraction of sp³-hybridized carbons (Fsp3) is 0.167. The van der Waals surface area contributed by atoms with Gasteiger partial charge in [-0.15, -0.1) is 0 Å². The van der Waals surface area contributed by atoms with Crippen LogP contribution in [0.1, 0.15) is 23.0 Å². The average molecular weight is 349 g/mol. The third-order valence-corrected chi connectivity index (χ3v) is 3.48. The lowest BCUT2D eigenvalue weighted by molar-refractivity contribution is -0.137. The second kappa shape index (κ2) is 6.51. The molecule has 0 aliphatic heterocycles. The monoisotopic (exact) mass is 349 g/mol. The Morgan fingerprint density at radius 2 is 1.84 bits per heavy atom. The van der Waals surface area contributed by atoms with Gasteiger partial charge in [0.2, 0.25) is 0 Å². The normalized spacial score (nSPS) is 11.5. The lowest BCUT2D eigenvalue weighted by Gasteiger charge is -2.10. The second-order valence-corrected chi connectivity index (χ2v) is 5.28. The Balaban J connectivity index is 1.86. The standard InChI is InChI=1S/C18H14F3NO3/c1-2-24-17(23)16-9-11-8-14(6-7-15(11)22-16)25-13-5-3-4-12(10-13)18(19,20)21/h3-10,22H,2H2,1H3. The molecule has 3 rings (SSSR count). The number of ether oxygens (including phenoxy) is 2. The van der Waals surface area contributed by atoms with Gasteiger partial charge in [-0.3, -0.25) is 0 Å². The molecule has 0 aliphatic carbocycles. The third kappa shape index (κ3) is 3.76. The van der Waals surface area contributed by atoms with Crippen LogP contribution in [0.3, 0.4) is 0 Å². The molecule has 0 fully saturated rings. The van der Waals surface area contributed by atoms with Gasteiger partial charge in [-0.2, -0.15) is 13.2 Å². The van der Waals surface area contributed by atoms with Gasteiger partial charge < -0.3 is 14.5 Å². The van der Waals surface area contributed by atoms with E-state index >= 15 is 0 Å². The number of hydrogen-bond donors (Lipinski definition) is 1. The number of H-pyrrole nitrogens is 1. The molecule has 1 heterocycles. The second-order valence-electron chi connectivity index (χ2n) is 5.28. The largest absolute Gasteiger partial charge is 0.461 e. The van der Waals surface area contributed by atoms with Crippen molar-refractivity contribution >= 4 is 16.9 Å². The van der Waals surface area contributed by atoms with E-state index in [0.717, 1.165) is 12.1 Å².